The Labute approximate surface area is 151 Å². The highest BCUT2D eigenvalue weighted by Crippen LogP contribution is 2.23. The fraction of sp³-hybridized carbons (Fsp3) is 0.0625. The lowest BCUT2D eigenvalue weighted by Gasteiger charge is -2.13. The molecule has 1 aromatic carbocycles. The number of sulfonamides is 2. The van der Waals surface area contributed by atoms with Crippen LogP contribution in [-0.2, 0) is 26.6 Å². The lowest BCUT2D eigenvalue weighted by atomic mass is 10.4. The normalized spacial score (nSPS) is 12.0. The topological polar surface area (TPSA) is 118 Å². The highest BCUT2D eigenvalue weighted by molar-refractivity contribution is 7.94. The first-order chi connectivity index (χ1) is 12.4. The van der Waals surface area contributed by atoms with E-state index in [2.05, 4.69) is 14.4 Å². The Morgan fingerprint density at radius 2 is 1.50 bits per heavy atom. The molecule has 0 unspecified atom stereocenters. The summed E-state index contributed by atoms with van der Waals surface area (Å²) in [6.07, 6.45) is 4.26. The lowest BCUT2D eigenvalue weighted by Crippen LogP contribution is -2.26. The van der Waals surface area contributed by atoms with Crippen LogP contribution in [0.1, 0.15) is 5.76 Å². The molecule has 2 aromatic heterocycles. The predicted octanol–water partition coefficient (Wildman–Crippen LogP) is 1.95. The summed E-state index contributed by atoms with van der Waals surface area (Å²) in [7, 11) is -8.20. The number of anilines is 1. The van der Waals surface area contributed by atoms with Gasteiger partial charge in [-0.3, -0.25) is 9.71 Å². The Morgan fingerprint density at radius 3 is 2.12 bits per heavy atom. The summed E-state index contributed by atoms with van der Waals surface area (Å²) in [4.78, 5) is 3.09. The summed E-state index contributed by atoms with van der Waals surface area (Å²) >= 11 is 0. The van der Waals surface area contributed by atoms with Crippen molar-refractivity contribution in [1.82, 2.24) is 9.71 Å². The molecule has 0 saturated carbocycles. The second-order valence-corrected chi connectivity index (χ2v) is 8.58. The van der Waals surface area contributed by atoms with Gasteiger partial charge in [0.25, 0.3) is 10.0 Å². The molecule has 3 rings (SSSR count). The standard InChI is InChI=1S/C16H15N3O5S2/c20-25(21,18-12-14-4-3-11-24-14)15-5-1-2-6-16(15)26(22,23)19-13-7-9-17-10-8-13/h1-11,18H,12H2,(H,17,19). The first-order valence-corrected chi connectivity index (χ1v) is 10.4. The van der Waals surface area contributed by atoms with E-state index in [4.69, 9.17) is 4.42 Å². The number of benzene rings is 1. The van der Waals surface area contributed by atoms with Crippen LogP contribution in [0, 0.1) is 0 Å². The molecule has 136 valence electrons. The number of pyridine rings is 1. The fourth-order valence-corrected chi connectivity index (χ4v) is 5.06. The Hall–Kier alpha value is -2.69. The fourth-order valence-electron chi connectivity index (χ4n) is 2.18. The van der Waals surface area contributed by atoms with Gasteiger partial charge in [0.1, 0.15) is 15.6 Å². The lowest BCUT2D eigenvalue weighted by molar-refractivity contribution is 0.498. The smallest absolute Gasteiger partial charge is 0.263 e. The zero-order valence-electron chi connectivity index (χ0n) is 13.4. The minimum Gasteiger partial charge on any atom is -0.468 e. The number of aromatic nitrogens is 1. The van der Waals surface area contributed by atoms with Crippen molar-refractivity contribution in [2.75, 3.05) is 4.72 Å². The number of furan rings is 1. The van der Waals surface area contributed by atoms with Gasteiger partial charge in [0.15, 0.2) is 0 Å². The highest BCUT2D eigenvalue weighted by Gasteiger charge is 2.26. The maximum absolute atomic E-state index is 12.7. The molecule has 0 atom stereocenters. The molecule has 10 heteroatoms. The van der Waals surface area contributed by atoms with Crippen LogP contribution in [0.5, 0.6) is 0 Å². The van der Waals surface area contributed by atoms with E-state index in [9.17, 15) is 16.8 Å². The molecule has 3 aromatic rings. The Morgan fingerprint density at radius 1 is 0.846 bits per heavy atom. The second-order valence-electron chi connectivity index (χ2n) is 5.19. The van der Waals surface area contributed by atoms with Crippen molar-refractivity contribution in [1.29, 1.82) is 0 Å². The van der Waals surface area contributed by atoms with Gasteiger partial charge in [-0.05, 0) is 36.4 Å². The van der Waals surface area contributed by atoms with E-state index < -0.39 is 20.0 Å². The van der Waals surface area contributed by atoms with Gasteiger partial charge in [-0.1, -0.05) is 12.1 Å². The predicted molar refractivity (Wildman–Crippen MR) is 94.2 cm³/mol. The van der Waals surface area contributed by atoms with E-state index >= 15 is 0 Å². The van der Waals surface area contributed by atoms with E-state index in [0.29, 0.717) is 5.76 Å². The van der Waals surface area contributed by atoms with Crippen molar-refractivity contribution in [2.24, 2.45) is 0 Å². The summed E-state index contributed by atoms with van der Waals surface area (Å²) in [6.45, 7) is -0.0957. The summed E-state index contributed by atoms with van der Waals surface area (Å²) in [5.74, 6) is 0.406. The molecular formula is C16H15N3O5S2. The molecule has 26 heavy (non-hydrogen) atoms. The van der Waals surface area contributed by atoms with Crippen molar-refractivity contribution in [3.8, 4) is 0 Å². The average molecular weight is 393 g/mol. The summed E-state index contributed by atoms with van der Waals surface area (Å²) in [5.41, 5.74) is 0.274. The van der Waals surface area contributed by atoms with Crippen molar-refractivity contribution in [3.63, 3.8) is 0 Å². The van der Waals surface area contributed by atoms with Gasteiger partial charge < -0.3 is 4.42 Å². The zero-order chi connectivity index (χ0) is 18.6. The molecule has 0 fully saturated rings. The van der Waals surface area contributed by atoms with Crippen LogP contribution in [-0.4, -0.2) is 21.8 Å². The number of hydrogen-bond donors (Lipinski definition) is 2. The van der Waals surface area contributed by atoms with E-state index in [1.54, 1.807) is 12.1 Å². The molecular weight excluding hydrogens is 378 g/mol. The van der Waals surface area contributed by atoms with Crippen LogP contribution in [0.3, 0.4) is 0 Å². The number of rotatable bonds is 7. The number of nitrogens with zero attached hydrogens (tertiary/aromatic N) is 1. The summed E-state index contributed by atoms with van der Waals surface area (Å²) < 4.78 is 60.3. The van der Waals surface area contributed by atoms with Crippen molar-refractivity contribution >= 4 is 25.7 Å². The highest BCUT2D eigenvalue weighted by atomic mass is 32.2. The third-order valence-electron chi connectivity index (χ3n) is 3.38. The van der Waals surface area contributed by atoms with Crippen LogP contribution in [0.25, 0.3) is 0 Å². The third-order valence-corrected chi connectivity index (χ3v) is 6.41. The van der Waals surface area contributed by atoms with Gasteiger partial charge in [-0.15, -0.1) is 0 Å². The average Bonchev–Trinajstić information content (AvgIpc) is 3.14. The largest absolute Gasteiger partial charge is 0.468 e. The molecule has 0 spiro atoms. The Kier molecular flexibility index (Phi) is 5.07. The molecule has 0 radical (unpaired) electrons. The molecule has 0 aliphatic heterocycles. The number of hydrogen-bond acceptors (Lipinski definition) is 6. The van der Waals surface area contributed by atoms with Gasteiger partial charge in [-0.25, -0.2) is 21.6 Å². The molecule has 2 N–H and O–H groups in total. The van der Waals surface area contributed by atoms with Crippen LogP contribution in [0.15, 0.2) is 81.4 Å². The van der Waals surface area contributed by atoms with Gasteiger partial charge in [0.05, 0.1) is 18.5 Å². The first-order valence-electron chi connectivity index (χ1n) is 7.42. The van der Waals surface area contributed by atoms with E-state index in [0.717, 1.165) is 0 Å². The van der Waals surface area contributed by atoms with Crippen LogP contribution in [0.4, 0.5) is 5.69 Å². The van der Waals surface area contributed by atoms with Crippen molar-refractivity contribution in [2.45, 2.75) is 16.3 Å². The van der Waals surface area contributed by atoms with Crippen LogP contribution < -0.4 is 9.44 Å². The molecule has 0 aliphatic rings. The molecule has 0 bridgehead atoms. The van der Waals surface area contributed by atoms with Gasteiger partial charge in [-0.2, -0.15) is 0 Å². The molecule has 8 nitrogen and oxygen atoms in total. The first kappa shape index (κ1) is 18.1. The van der Waals surface area contributed by atoms with Crippen molar-refractivity contribution < 1.29 is 21.3 Å². The minimum absolute atomic E-state index is 0.0957. The monoisotopic (exact) mass is 393 g/mol. The maximum Gasteiger partial charge on any atom is 0.263 e. The van der Waals surface area contributed by atoms with Gasteiger partial charge in [0, 0.05) is 12.4 Å². The van der Waals surface area contributed by atoms with Crippen LogP contribution >= 0.6 is 0 Å². The molecule has 0 aliphatic carbocycles. The second kappa shape index (κ2) is 7.28. The van der Waals surface area contributed by atoms with Crippen LogP contribution in [0.2, 0.25) is 0 Å². The number of nitrogens with one attached hydrogen (secondary N) is 2. The van der Waals surface area contributed by atoms with E-state index in [1.165, 1.54) is 55.1 Å². The minimum atomic E-state index is -4.12. The van der Waals surface area contributed by atoms with Crippen molar-refractivity contribution in [3.05, 3.63) is 72.9 Å². The maximum atomic E-state index is 12.7. The SMILES string of the molecule is O=S(=O)(NCc1ccco1)c1ccccc1S(=O)(=O)Nc1ccncc1. The van der Waals surface area contributed by atoms with E-state index in [1.807, 2.05) is 0 Å². The Balaban J connectivity index is 1.92. The summed E-state index contributed by atoms with van der Waals surface area (Å²) in [5, 5.41) is 0. The van der Waals surface area contributed by atoms with E-state index in [-0.39, 0.29) is 22.0 Å². The summed E-state index contributed by atoms with van der Waals surface area (Å²) in [6, 6.07) is 11.5. The quantitative estimate of drug-likeness (QED) is 0.633. The third kappa shape index (κ3) is 4.10. The molecule has 0 amide bonds. The van der Waals surface area contributed by atoms with Gasteiger partial charge >= 0.3 is 0 Å². The zero-order valence-corrected chi connectivity index (χ0v) is 15.0. The van der Waals surface area contributed by atoms with Gasteiger partial charge in [0.2, 0.25) is 10.0 Å². The molecule has 2 heterocycles. The Bertz CT molecular complexity index is 1080. The molecule has 0 saturated heterocycles.